The molecule has 0 saturated carbocycles. The maximum atomic E-state index is 2.46. The lowest BCUT2D eigenvalue weighted by molar-refractivity contribution is 0.197. The maximum absolute atomic E-state index is 2.46. The zero-order chi connectivity index (χ0) is 18.5. The second-order valence-electron chi connectivity index (χ2n) is 8.33. The van der Waals surface area contributed by atoms with Gasteiger partial charge in [0, 0.05) is 29.2 Å². The third kappa shape index (κ3) is 2.98. The molecule has 1 aliphatic heterocycles. The zero-order valence-corrected chi connectivity index (χ0v) is 17.2. The third-order valence-corrected chi connectivity index (χ3v) is 7.04. The van der Waals surface area contributed by atoms with Crippen LogP contribution in [0.25, 0.3) is 10.1 Å². The van der Waals surface area contributed by atoms with Crippen LogP contribution in [-0.2, 0) is 12.1 Å². The van der Waals surface area contributed by atoms with E-state index in [0.717, 1.165) is 13.1 Å². The smallest absolute Gasteiger partial charge is 0.0398 e. The van der Waals surface area contributed by atoms with E-state index in [2.05, 4.69) is 92.6 Å². The molecule has 2 heterocycles. The van der Waals surface area contributed by atoms with Gasteiger partial charge in [-0.2, -0.15) is 0 Å². The van der Waals surface area contributed by atoms with Gasteiger partial charge in [0.2, 0.25) is 0 Å². The number of thiophene rings is 1. The van der Waals surface area contributed by atoms with Crippen molar-refractivity contribution < 1.29 is 0 Å². The van der Waals surface area contributed by atoms with Crippen LogP contribution >= 0.6 is 11.3 Å². The van der Waals surface area contributed by atoms with E-state index in [1.54, 1.807) is 0 Å². The first-order valence-corrected chi connectivity index (χ1v) is 10.2. The summed E-state index contributed by atoms with van der Waals surface area (Å²) in [5, 5.41) is 3.54. The van der Waals surface area contributed by atoms with Crippen LogP contribution in [0, 0.1) is 0 Å². The number of hydrogen-bond donors (Lipinski definition) is 0. The Morgan fingerprint density at radius 3 is 2.65 bits per heavy atom. The van der Waals surface area contributed by atoms with Crippen LogP contribution in [-0.4, -0.2) is 37.5 Å². The summed E-state index contributed by atoms with van der Waals surface area (Å²) in [6.45, 7) is 6.71. The Bertz CT molecular complexity index is 938. The number of likely N-dealkylation sites (N-methyl/N-ethyl adjacent to an activating group) is 1. The molecule has 0 amide bonds. The van der Waals surface area contributed by atoms with Crippen LogP contribution in [0.5, 0.6) is 0 Å². The molecule has 1 atom stereocenters. The van der Waals surface area contributed by atoms with Crippen molar-refractivity contribution in [2.75, 3.05) is 27.7 Å². The zero-order valence-electron chi connectivity index (χ0n) is 16.4. The highest BCUT2D eigenvalue weighted by molar-refractivity contribution is 7.17. The van der Waals surface area contributed by atoms with Crippen molar-refractivity contribution in [2.24, 2.45) is 0 Å². The topological polar surface area (TPSA) is 6.48 Å². The molecule has 0 aliphatic carbocycles. The highest BCUT2D eigenvalue weighted by Gasteiger charge is 2.28. The molecule has 2 nitrogen and oxygen atoms in total. The molecule has 1 unspecified atom stereocenters. The molecule has 1 aliphatic rings. The summed E-state index contributed by atoms with van der Waals surface area (Å²) in [6, 6.07) is 16.3. The summed E-state index contributed by atoms with van der Waals surface area (Å²) in [6.07, 6.45) is 0. The molecule has 3 aromatic rings. The Morgan fingerprint density at radius 1 is 1.08 bits per heavy atom. The lowest BCUT2D eigenvalue weighted by atomic mass is 9.81. The number of nitrogens with zero attached hydrogens (tertiary/aromatic N) is 2. The van der Waals surface area contributed by atoms with Crippen molar-refractivity contribution in [1.29, 1.82) is 0 Å². The molecular formula is C23H28N2S. The number of hydrogen-bond acceptors (Lipinski definition) is 3. The largest absolute Gasteiger partial charge is 0.301 e. The van der Waals surface area contributed by atoms with Gasteiger partial charge >= 0.3 is 0 Å². The minimum absolute atomic E-state index is 0.0381. The SMILES string of the molecule is CN1Cc2cc(C(C)(C)N(C)C)ccc2C(c2ccc3ccsc3c2)C1. The van der Waals surface area contributed by atoms with E-state index in [1.165, 1.54) is 32.3 Å². The quantitative estimate of drug-likeness (QED) is 0.624. The number of rotatable bonds is 3. The molecule has 0 saturated heterocycles. The highest BCUT2D eigenvalue weighted by atomic mass is 32.1. The molecule has 0 fully saturated rings. The monoisotopic (exact) mass is 364 g/mol. The predicted molar refractivity (Wildman–Crippen MR) is 113 cm³/mol. The molecule has 26 heavy (non-hydrogen) atoms. The van der Waals surface area contributed by atoms with Crippen molar-refractivity contribution in [3.05, 3.63) is 70.1 Å². The van der Waals surface area contributed by atoms with Crippen LogP contribution in [0.3, 0.4) is 0 Å². The van der Waals surface area contributed by atoms with Gasteiger partial charge in [-0.3, -0.25) is 0 Å². The minimum atomic E-state index is 0.0381. The van der Waals surface area contributed by atoms with Gasteiger partial charge in [-0.1, -0.05) is 30.3 Å². The van der Waals surface area contributed by atoms with E-state index < -0.39 is 0 Å². The fourth-order valence-electron chi connectivity index (χ4n) is 3.96. The van der Waals surface area contributed by atoms with Gasteiger partial charge in [-0.15, -0.1) is 11.3 Å². The van der Waals surface area contributed by atoms with Gasteiger partial charge in [0.25, 0.3) is 0 Å². The first-order chi connectivity index (χ1) is 12.4. The van der Waals surface area contributed by atoms with E-state index in [4.69, 9.17) is 0 Å². The fourth-order valence-corrected chi connectivity index (χ4v) is 4.80. The summed E-state index contributed by atoms with van der Waals surface area (Å²) in [5.41, 5.74) is 5.84. The molecule has 0 radical (unpaired) electrons. The number of fused-ring (bicyclic) bond motifs is 2. The minimum Gasteiger partial charge on any atom is -0.301 e. The van der Waals surface area contributed by atoms with Gasteiger partial charge in [0.05, 0.1) is 0 Å². The first-order valence-electron chi connectivity index (χ1n) is 9.32. The second kappa shape index (κ2) is 6.49. The Kier molecular flexibility index (Phi) is 4.42. The van der Waals surface area contributed by atoms with Crippen LogP contribution < -0.4 is 0 Å². The molecule has 4 rings (SSSR count). The predicted octanol–water partition coefficient (Wildman–Crippen LogP) is 5.28. The lowest BCUT2D eigenvalue weighted by Gasteiger charge is -2.37. The third-order valence-electron chi connectivity index (χ3n) is 6.16. The van der Waals surface area contributed by atoms with Crippen LogP contribution in [0.4, 0.5) is 0 Å². The summed E-state index contributed by atoms with van der Waals surface area (Å²) in [7, 11) is 6.55. The molecule has 3 heteroatoms. The average Bonchev–Trinajstić information content (AvgIpc) is 3.07. The Morgan fingerprint density at radius 2 is 1.88 bits per heavy atom. The summed E-state index contributed by atoms with van der Waals surface area (Å²) >= 11 is 1.84. The number of benzene rings is 2. The molecule has 2 aromatic carbocycles. The van der Waals surface area contributed by atoms with E-state index in [1.807, 2.05) is 11.3 Å². The first kappa shape index (κ1) is 17.7. The van der Waals surface area contributed by atoms with Crippen molar-refractivity contribution in [2.45, 2.75) is 31.8 Å². The summed E-state index contributed by atoms with van der Waals surface area (Å²) < 4.78 is 1.39. The lowest BCUT2D eigenvalue weighted by Crippen LogP contribution is -2.36. The van der Waals surface area contributed by atoms with Crippen LogP contribution in [0.1, 0.15) is 42.0 Å². The van der Waals surface area contributed by atoms with Gasteiger partial charge in [0.15, 0.2) is 0 Å². The van der Waals surface area contributed by atoms with Crippen molar-refractivity contribution in [3.63, 3.8) is 0 Å². The molecule has 0 spiro atoms. The molecular weight excluding hydrogens is 336 g/mol. The Labute approximate surface area is 161 Å². The molecule has 0 bridgehead atoms. The normalized spacial score (nSPS) is 18.5. The van der Waals surface area contributed by atoms with Gasteiger partial charge in [-0.25, -0.2) is 0 Å². The molecule has 0 N–H and O–H groups in total. The van der Waals surface area contributed by atoms with Crippen molar-refractivity contribution in [1.82, 2.24) is 9.80 Å². The van der Waals surface area contributed by atoms with E-state index in [-0.39, 0.29) is 5.54 Å². The standard InChI is InChI=1S/C23H28N2S/c1-23(2,24(3)4)19-8-9-20-18(12-19)14-25(5)15-21(20)17-7-6-16-10-11-26-22(16)13-17/h6-13,21H,14-15H2,1-5H3. The maximum Gasteiger partial charge on any atom is 0.0398 e. The summed E-state index contributed by atoms with van der Waals surface area (Å²) in [5.74, 6) is 0.451. The Hall–Kier alpha value is -1.68. The second-order valence-corrected chi connectivity index (χ2v) is 9.28. The van der Waals surface area contributed by atoms with Crippen molar-refractivity contribution in [3.8, 4) is 0 Å². The summed E-state index contributed by atoms with van der Waals surface area (Å²) in [4.78, 5) is 4.75. The van der Waals surface area contributed by atoms with Gasteiger partial charge < -0.3 is 9.80 Å². The van der Waals surface area contributed by atoms with Gasteiger partial charge in [-0.05, 0) is 80.1 Å². The average molecular weight is 365 g/mol. The van der Waals surface area contributed by atoms with Crippen LogP contribution in [0.2, 0.25) is 0 Å². The van der Waals surface area contributed by atoms with Crippen LogP contribution in [0.15, 0.2) is 47.8 Å². The van der Waals surface area contributed by atoms with Crippen molar-refractivity contribution >= 4 is 21.4 Å². The Balaban J connectivity index is 1.78. The highest BCUT2D eigenvalue weighted by Crippen LogP contribution is 2.37. The van der Waals surface area contributed by atoms with Gasteiger partial charge in [0.1, 0.15) is 0 Å². The fraction of sp³-hybridized carbons (Fsp3) is 0.391. The molecule has 136 valence electrons. The molecule has 1 aromatic heterocycles. The van der Waals surface area contributed by atoms with E-state index in [9.17, 15) is 0 Å². The van der Waals surface area contributed by atoms with E-state index >= 15 is 0 Å². The van der Waals surface area contributed by atoms with E-state index in [0.29, 0.717) is 5.92 Å².